The van der Waals surface area contributed by atoms with Crippen LogP contribution in [0.15, 0.2) is 73.1 Å². The third-order valence-corrected chi connectivity index (χ3v) is 4.79. The molecule has 0 radical (unpaired) electrons. The number of rotatable bonds is 6. The Bertz CT molecular complexity index is 1170. The summed E-state index contributed by atoms with van der Waals surface area (Å²) >= 11 is 0. The molecule has 0 aliphatic rings. The molecule has 1 N–H and O–H groups in total. The summed E-state index contributed by atoms with van der Waals surface area (Å²) in [5, 5.41) is 11.1. The standard InChI is InChI=1S/C24H20N2O3/c1-29-22-9-10-25-23(24(22)28)21(27)14-17-7-8-20-19(12-17)13-18(15-26-20)11-16-5-3-2-4-6-16/h2-10,12-13,15,28H,11,14H2,1H3. The van der Waals surface area contributed by atoms with E-state index in [4.69, 9.17) is 4.74 Å². The molecule has 0 unspecified atom stereocenters. The summed E-state index contributed by atoms with van der Waals surface area (Å²) in [6.07, 6.45) is 4.27. The lowest BCUT2D eigenvalue weighted by atomic mass is 10.0. The molecule has 0 saturated carbocycles. The van der Waals surface area contributed by atoms with E-state index in [1.165, 1.54) is 24.9 Å². The second kappa shape index (κ2) is 8.10. The van der Waals surface area contributed by atoms with Crippen LogP contribution in [-0.4, -0.2) is 28.0 Å². The molecule has 0 fully saturated rings. The minimum Gasteiger partial charge on any atom is -0.503 e. The van der Waals surface area contributed by atoms with Crippen LogP contribution in [0, 0.1) is 0 Å². The molecule has 0 aliphatic heterocycles. The highest BCUT2D eigenvalue weighted by Crippen LogP contribution is 2.28. The van der Waals surface area contributed by atoms with E-state index in [0.29, 0.717) is 0 Å². The number of benzene rings is 2. The van der Waals surface area contributed by atoms with E-state index in [9.17, 15) is 9.90 Å². The number of pyridine rings is 2. The summed E-state index contributed by atoms with van der Waals surface area (Å²) in [4.78, 5) is 21.2. The lowest BCUT2D eigenvalue weighted by molar-refractivity contribution is 0.0984. The number of hydrogen-bond acceptors (Lipinski definition) is 5. The Morgan fingerprint density at radius 3 is 2.55 bits per heavy atom. The van der Waals surface area contributed by atoms with Gasteiger partial charge in [-0.3, -0.25) is 9.78 Å². The molecule has 2 aromatic carbocycles. The van der Waals surface area contributed by atoms with E-state index in [1.807, 2.05) is 42.6 Å². The maximum atomic E-state index is 12.7. The Balaban J connectivity index is 1.59. The lowest BCUT2D eigenvalue weighted by Crippen LogP contribution is -2.07. The van der Waals surface area contributed by atoms with Gasteiger partial charge in [0.05, 0.1) is 12.6 Å². The SMILES string of the molecule is COc1ccnc(C(=O)Cc2ccc3ncc(Cc4ccccc4)cc3c2)c1O. The van der Waals surface area contributed by atoms with Crippen molar-refractivity contribution in [1.82, 2.24) is 9.97 Å². The fraction of sp³-hybridized carbons (Fsp3) is 0.125. The molecule has 29 heavy (non-hydrogen) atoms. The molecule has 5 heteroatoms. The number of ether oxygens (including phenoxy) is 1. The fourth-order valence-electron chi connectivity index (χ4n) is 3.34. The number of hydrogen-bond donors (Lipinski definition) is 1. The first-order valence-electron chi connectivity index (χ1n) is 9.30. The highest BCUT2D eigenvalue weighted by Gasteiger charge is 2.17. The van der Waals surface area contributed by atoms with Crippen LogP contribution in [0.25, 0.3) is 10.9 Å². The number of aromatic nitrogens is 2. The van der Waals surface area contributed by atoms with Crippen LogP contribution in [0.2, 0.25) is 0 Å². The maximum Gasteiger partial charge on any atom is 0.189 e. The van der Waals surface area contributed by atoms with Gasteiger partial charge in [-0.25, -0.2) is 4.98 Å². The van der Waals surface area contributed by atoms with Gasteiger partial charge in [0.2, 0.25) is 0 Å². The van der Waals surface area contributed by atoms with Crippen molar-refractivity contribution in [3.05, 3.63) is 95.4 Å². The number of aromatic hydroxyl groups is 1. The van der Waals surface area contributed by atoms with E-state index >= 15 is 0 Å². The van der Waals surface area contributed by atoms with Crippen molar-refractivity contribution in [3.63, 3.8) is 0 Å². The number of nitrogens with zero attached hydrogens (tertiary/aromatic N) is 2. The number of carbonyl (C=O) groups excluding carboxylic acids is 1. The molecule has 0 amide bonds. The predicted octanol–water partition coefficient (Wildman–Crippen LogP) is 4.36. The van der Waals surface area contributed by atoms with Crippen LogP contribution in [0.5, 0.6) is 11.5 Å². The second-order valence-electron chi connectivity index (χ2n) is 6.84. The van der Waals surface area contributed by atoms with Crippen molar-refractivity contribution < 1.29 is 14.6 Å². The summed E-state index contributed by atoms with van der Waals surface area (Å²) in [5.41, 5.74) is 4.06. The van der Waals surface area contributed by atoms with Crippen LogP contribution >= 0.6 is 0 Å². The molecule has 0 atom stereocenters. The Kier molecular flexibility index (Phi) is 5.20. The molecular weight excluding hydrogens is 364 g/mol. The Morgan fingerprint density at radius 1 is 0.966 bits per heavy atom. The summed E-state index contributed by atoms with van der Waals surface area (Å²) in [6.45, 7) is 0. The third kappa shape index (κ3) is 4.09. The van der Waals surface area contributed by atoms with Crippen molar-refractivity contribution in [3.8, 4) is 11.5 Å². The highest BCUT2D eigenvalue weighted by molar-refractivity contribution is 5.99. The van der Waals surface area contributed by atoms with Crippen LogP contribution in [0.3, 0.4) is 0 Å². The zero-order valence-corrected chi connectivity index (χ0v) is 16.0. The predicted molar refractivity (Wildman–Crippen MR) is 111 cm³/mol. The zero-order valence-electron chi connectivity index (χ0n) is 16.0. The third-order valence-electron chi connectivity index (χ3n) is 4.79. The molecule has 144 valence electrons. The molecule has 0 aliphatic carbocycles. The highest BCUT2D eigenvalue weighted by atomic mass is 16.5. The van der Waals surface area contributed by atoms with E-state index in [2.05, 4.69) is 28.2 Å². The van der Waals surface area contributed by atoms with E-state index in [0.717, 1.165) is 28.5 Å². The van der Waals surface area contributed by atoms with Crippen LogP contribution in [0.1, 0.15) is 27.2 Å². The number of methoxy groups -OCH3 is 1. The van der Waals surface area contributed by atoms with E-state index in [-0.39, 0.29) is 29.4 Å². The lowest BCUT2D eigenvalue weighted by Gasteiger charge is -2.08. The van der Waals surface area contributed by atoms with Gasteiger partial charge in [-0.2, -0.15) is 0 Å². The first-order valence-corrected chi connectivity index (χ1v) is 9.30. The van der Waals surface area contributed by atoms with Gasteiger partial charge in [-0.1, -0.05) is 36.4 Å². The minimum atomic E-state index is -0.269. The van der Waals surface area contributed by atoms with Crippen LogP contribution < -0.4 is 4.74 Å². The summed E-state index contributed by atoms with van der Waals surface area (Å²) in [7, 11) is 1.44. The first-order chi connectivity index (χ1) is 14.1. The molecule has 4 aromatic rings. The molecule has 0 bridgehead atoms. The molecule has 4 rings (SSSR count). The Morgan fingerprint density at radius 2 is 1.76 bits per heavy atom. The summed E-state index contributed by atoms with van der Waals surface area (Å²) in [6, 6.07) is 19.6. The van der Waals surface area contributed by atoms with Crippen molar-refractivity contribution in [2.75, 3.05) is 7.11 Å². The maximum absolute atomic E-state index is 12.7. The van der Waals surface area contributed by atoms with Gasteiger partial charge in [0.25, 0.3) is 0 Å². The zero-order chi connectivity index (χ0) is 20.2. The average molecular weight is 384 g/mol. The van der Waals surface area contributed by atoms with Gasteiger partial charge >= 0.3 is 0 Å². The fourth-order valence-corrected chi connectivity index (χ4v) is 3.34. The van der Waals surface area contributed by atoms with Gasteiger partial charge in [0.1, 0.15) is 0 Å². The summed E-state index contributed by atoms with van der Waals surface area (Å²) in [5.74, 6) is -0.265. The van der Waals surface area contributed by atoms with E-state index in [1.54, 1.807) is 0 Å². The van der Waals surface area contributed by atoms with Crippen molar-refractivity contribution in [2.24, 2.45) is 0 Å². The first kappa shape index (κ1) is 18.6. The molecular formula is C24H20N2O3. The number of carbonyl (C=O) groups is 1. The Labute approximate surface area is 168 Å². The molecule has 2 heterocycles. The number of fused-ring (bicyclic) bond motifs is 1. The van der Waals surface area contributed by atoms with Crippen molar-refractivity contribution in [1.29, 1.82) is 0 Å². The van der Waals surface area contributed by atoms with Crippen molar-refractivity contribution in [2.45, 2.75) is 12.8 Å². The molecule has 5 nitrogen and oxygen atoms in total. The molecule has 0 spiro atoms. The summed E-state index contributed by atoms with van der Waals surface area (Å²) < 4.78 is 5.06. The monoisotopic (exact) mass is 384 g/mol. The van der Waals surface area contributed by atoms with Gasteiger partial charge in [-0.15, -0.1) is 0 Å². The minimum absolute atomic E-state index is 0.0143. The van der Waals surface area contributed by atoms with Gasteiger partial charge in [-0.05, 0) is 41.3 Å². The number of ketones is 1. The number of Topliss-reactive ketones (excluding diaryl/α,β-unsaturated/α-hetero) is 1. The second-order valence-corrected chi connectivity index (χ2v) is 6.84. The average Bonchev–Trinajstić information content (AvgIpc) is 2.74. The van der Waals surface area contributed by atoms with E-state index < -0.39 is 0 Å². The topological polar surface area (TPSA) is 72.3 Å². The molecule has 0 saturated heterocycles. The van der Waals surface area contributed by atoms with Crippen LogP contribution in [-0.2, 0) is 12.8 Å². The van der Waals surface area contributed by atoms with Gasteiger partial charge in [0.15, 0.2) is 23.0 Å². The van der Waals surface area contributed by atoms with Gasteiger partial charge in [0, 0.05) is 30.3 Å². The van der Waals surface area contributed by atoms with Gasteiger partial charge < -0.3 is 9.84 Å². The normalized spacial score (nSPS) is 10.8. The largest absolute Gasteiger partial charge is 0.503 e. The van der Waals surface area contributed by atoms with Crippen molar-refractivity contribution >= 4 is 16.7 Å². The van der Waals surface area contributed by atoms with Crippen LogP contribution in [0.4, 0.5) is 0 Å². The smallest absolute Gasteiger partial charge is 0.189 e. The quantitative estimate of drug-likeness (QED) is 0.500. The molecule has 2 aromatic heterocycles. The Hall–Kier alpha value is -3.73.